The molecule has 0 radical (unpaired) electrons. The Hall–Kier alpha value is -2.41. The van der Waals surface area contributed by atoms with Crippen LogP contribution in [0.5, 0.6) is 0 Å². The van der Waals surface area contributed by atoms with Crippen LogP contribution in [0.2, 0.25) is 5.02 Å². The molecular formula is C12H11ClN4O3. The largest absolute Gasteiger partial charge is 0.307 e. The van der Waals surface area contributed by atoms with Gasteiger partial charge in [0.15, 0.2) is 0 Å². The molecule has 1 aromatic carbocycles. The lowest BCUT2D eigenvalue weighted by Gasteiger charge is -2.07. The van der Waals surface area contributed by atoms with Gasteiger partial charge in [-0.15, -0.1) is 0 Å². The quantitative estimate of drug-likeness (QED) is 0.693. The summed E-state index contributed by atoms with van der Waals surface area (Å²) < 4.78 is 1.60. The minimum absolute atomic E-state index is 0.00912. The second kappa shape index (κ2) is 5.70. The van der Waals surface area contributed by atoms with Crippen molar-refractivity contribution in [2.24, 2.45) is 0 Å². The maximum absolute atomic E-state index is 12.0. The Bertz CT molecular complexity index is 668. The monoisotopic (exact) mass is 294 g/mol. The van der Waals surface area contributed by atoms with E-state index in [2.05, 4.69) is 10.4 Å². The summed E-state index contributed by atoms with van der Waals surface area (Å²) in [6, 6.07) is 5.54. The van der Waals surface area contributed by atoms with Crippen molar-refractivity contribution in [3.8, 4) is 0 Å². The highest BCUT2D eigenvalue weighted by Gasteiger charge is 2.17. The van der Waals surface area contributed by atoms with E-state index in [0.717, 1.165) is 6.07 Å². The molecule has 1 aromatic heterocycles. The molecule has 0 saturated carbocycles. The predicted molar refractivity (Wildman–Crippen MR) is 74.0 cm³/mol. The lowest BCUT2D eigenvalue weighted by atomic mass is 10.2. The van der Waals surface area contributed by atoms with Crippen molar-refractivity contribution < 1.29 is 9.72 Å². The average Bonchev–Trinajstić information content (AvgIpc) is 2.86. The first-order chi connectivity index (χ1) is 9.52. The molecule has 0 atom stereocenters. The van der Waals surface area contributed by atoms with Crippen molar-refractivity contribution in [1.82, 2.24) is 9.78 Å². The van der Waals surface area contributed by atoms with Crippen molar-refractivity contribution in [2.75, 3.05) is 5.32 Å². The first kappa shape index (κ1) is 14.0. The number of nitrogens with zero attached hydrogens (tertiary/aromatic N) is 3. The van der Waals surface area contributed by atoms with Gasteiger partial charge >= 0.3 is 0 Å². The highest BCUT2D eigenvalue weighted by molar-refractivity contribution is 6.32. The highest BCUT2D eigenvalue weighted by Crippen LogP contribution is 2.25. The average molecular weight is 295 g/mol. The van der Waals surface area contributed by atoms with Gasteiger partial charge in [0, 0.05) is 24.2 Å². The molecule has 1 amide bonds. The lowest BCUT2D eigenvalue weighted by molar-refractivity contribution is -0.384. The molecular weight excluding hydrogens is 284 g/mol. The molecule has 1 N–H and O–H groups in total. The van der Waals surface area contributed by atoms with Gasteiger partial charge in [-0.1, -0.05) is 11.6 Å². The van der Waals surface area contributed by atoms with Gasteiger partial charge in [0.2, 0.25) is 0 Å². The molecule has 7 nitrogen and oxygen atoms in total. The minimum atomic E-state index is -0.630. The molecule has 0 aliphatic carbocycles. The zero-order valence-electron chi connectivity index (χ0n) is 10.5. The van der Waals surface area contributed by atoms with E-state index in [1.807, 2.05) is 6.92 Å². The number of hydrogen-bond donors (Lipinski definition) is 1. The molecule has 0 spiro atoms. The molecule has 0 fully saturated rings. The van der Waals surface area contributed by atoms with Crippen LogP contribution in [0.25, 0.3) is 0 Å². The fourth-order valence-corrected chi connectivity index (χ4v) is 1.86. The third kappa shape index (κ3) is 2.77. The van der Waals surface area contributed by atoms with E-state index in [9.17, 15) is 14.9 Å². The Kier molecular flexibility index (Phi) is 3.99. The second-order valence-corrected chi connectivity index (χ2v) is 4.32. The van der Waals surface area contributed by atoms with Crippen LogP contribution in [-0.2, 0) is 6.54 Å². The Morgan fingerprint density at radius 1 is 1.50 bits per heavy atom. The molecule has 104 valence electrons. The summed E-state index contributed by atoms with van der Waals surface area (Å²) in [5, 5.41) is 17.4. The van der Waals surface area contributed by atoms with Gasteiger partial charge in [-0.3, -0.25) is 14.9 Å². The predicted octanol–water partition coefficient (Wildman–Crippen LogP) is 2.72. The number of nitro benzene ring substituents is 1. The summed E-state index contributed by atoms with van der Waals surface area (Å²) in [5.74, 6) is 0.0649. The van der Waals surface area contributed by atoms with Crippen molar-refractivity contribution in [1.29, 1.82) is 0 Å². The van der Waals surface area contributed by atoms with Gasteiger partial charge in [-0.05, 0) is 19.1 Å². The van der Waals surface area contributed by atoms with Crippen LogP contribution >= 0.6 is 11.6 Å². The van der Waals surface area contributed by atoms with Crippen molar-refractivity contribution in [3.63, 3.8) is 0 Å². The van der Waals surface area contributed by atoms with E-state index >= 15 is 0 Å². The number of carbonyl (C=O) groups is 1. The van der Waals surface area contributed by atoms with Crippen LogP contribution in [0.4, 0.5) is 11.5 Å². The molecule has 0 aliphatic heterocycles. The summed E-state index contributed by atoms with van der Waals surface area (Å²) in [5.41, 5.74) is -0.145. The standard InChI is InChI=1S/C12H11ClN4O3/c1-2-16-11(5-6-14-16)15-12(18)8-3-4-9(13)10(7-8)17(19)20/h3-7H,2H2,1H3,(H,15,18). The van der Waals surface area contributed by atoms with Crippen molar-refractivity contribution in [2.45, 2.75) is 13.5 Å². The van der Waals surface area contributed by atoms with Crippen molar-refractivity contribution in [3.05, 3.63) is 51.2 Å². The first-order valence-electron chi connectivity index (χ1n) is 5.80. The zero-order chi connectivity index (χ0) is 14.7. The van der Waals surface area contributed by atoms with Gasteiger partial charge in [-0.25, -0.2) is 4.68 Å². The SMILES string of the molecule is CCn1nccc1NC(=O)c1ccc(Cl)c([N+](=O)[O-])c1. The molecule has 2 rings (SSSR count). The van der Waals surface area contributed by atoms with E-state index in [1.54, 1.807) is 16.9 Å². The number of hydrogen-bond acceptors (Lipinski definition) is 4. The third-order valence-corrected chi connectivity index (χ3v) is 2.98. The van der Waals surface area contributed by atoms with Crippen LogP contribution in [0.15, 0.2) is 30.5 Å². The summed E-state index contributed by atoms with van der Waals surface area (Å²) in [6.07, 6.45) is 1.56. The molecule has 1 heterocycles. The van der Waals surface area contributed by atoms with Gasteiger partial charge in [-0.2, -0.15) is 5.10 Å². The van der Waals surface area contributed by atoms with Gasteiger partial charge in [0.25, 0.3) is 11.6 Å². The topological polar surface area (TPSA) is 90.1 Å². The van der Waals surface area contributed by atoms with Gasteiger partial charge in [0.1, 0.15) is 10.8 Å². The van der Waals surface area contributed by atoms with Crippen LogP contribution in [0, 0.1) is 10.1 Å². The van der Waals surface area contributed by atoms with Gasteiger partial charge in [0.05, 0.1) is 11.1 Å². The summed E-state index contributed by atoms with van der Waals surface area (Å²) in [7, 11) is 0. The number of nitro groups is 1. The number of rotatable bonds is 4. The van der Waals surface area contributed by atoms with E-state index in [0.29, 0.717) is 12.4 Å². The number of anilines is 1. The van der Waals surface area contributed by atoms with E-state index in [-0.39, 0.29) is 16.3 Å². The van der Waals surface area contributed by atoms with Crippen molar-refractivity contribution >= 4 is 29.0 Å². The molecule has 0 saturated heterocycles. The molecule has 20 heavy (non-hydrogen) atoms. The summed E-state index contributed by atoms with van der Waals surface area (Å²) >= 11 is 5.70. The summed E-state index contributed by atoms with van der Waals surface area (Å²) in [4.78, 5) is 22.2. The number of nitrogens with one attached hydrogen (secondary N) is 1. The number of amides is 1. The summed E-state index contributed by atoms with van der Waals surface area (Å²) in [6.45, 7) is 2.49. The van der Waals surface area contributed by atoms with Crippen LogP contribution in [0.1, 0.15) is 17.3 Å². The number of halogens is 1. The molecule has 0 bridgehead atoms. The molecule has 8 heteroatoms. The molecule has 0 unspecified atom stereocenters. The smallest absolute Gasteiger partial charge is 0.288 e. The molecule has 2 aromatic rings. The first-order valence-corrected chi connectivity index (χ1v) is 6.18. The van der Waals surface area contributed by atoms with Gasteiger partial charge < -0.3 is 5.32 Å². The fourth-order valence-electron chi connectivity index (χ4n) is 1.67. The van der Waals surface area contributed by atoms with E-state index in [1.165, 1.54) is 12.1 Å². The number of carbonyl (C=O) groups excluding carboxylic acids is 1. The van der Waals surface area contributed by atoms with E-state index < -0.39 is 10.8 Å². The normalized spacial score (nSPS) is 10.3. The van der Waals surface area contributed by atoms with Crippen LogP contribution in [0.3, 0.4) is 0 Å². The Labute approximate surface area is 119 Å². The Morgan fingerprint density at radius 3 is 2.90 bits per heavy atom. The lowest BCUT2D eigenvalue weighted by Crippen LogP contribution is -2.15. The number of benzene rings is 1. The van der Waals surface area contributed by atoms with Crippen LogP contribution < -0.4 is 5.32 Å². The van der Waals surface area contributed by atoms with Crippen LogP contribution in [-0.4, -0.2) is 20.6 Å². The fraction of sp³-hybridized carbons (Fsp3) is 0.167. The Morgan fingerprint density at radius 2 is 2.25 bits per heavy atom. The maximum Gasteiger partial charge on any atom is 0.288 e. The number of aryl methyl sites for hydroxylation is 1. The minimum Gasteiger partial charge on any atom is -0.307 e. The second-order valence-electron chi connectivity index (χ2n) is 3.91. The Balaban J connectivity index is 2.26. The highest BCUT2D eigenvalue weighted by atomic mass is 35.5. The zero-order valence-corrected chi connectivity index (χ0v) is 11.3. The number of aromatic nitrogens is 2. The third-order valence-electron chi connectivity index (χ3n) is 2.66. The maximum atomic E-state index is 12.0. The van der Waals surface area contributed by atoms with E-state index in [4.69, 9.17) is 11.6 Å². The molecule has 0 aliphatic rings.